The van der Waals surface area contributed by atoms with Crippen LogP contribution in [0.25, 0.3) is 0 Å². The monoisotopic (exact) mass is 237 g/mol. The van der Waals surface area contributed by atoms with Crippen LogP contribution in [-0.2, 0) is 10.0 Å². The minimum atomic E-state index is -3.61. The summed E-state index contributed by atoms with van der Waals surface area (Å²) in [5.41, 5.74) is 0. The Hall–Kier alpha value is -1.45. The van der Waals surface area contributed by atoms with Gasteiger partial charge in [0.15, 0.2) is 0 Å². The van der Waals surface area contributed by atoms with E-state index in [1.165, 1.54) is 18.5 Å². The van der Waals surface area contributed by atoms with Crippen LogP contribution < -0.4 is 4.72 Å². The molecule has 0 spiro atoms. The van der Waals surface area contributed by atoms with Crippen LogP contribution in [0.3, 0.4) is 0 Å². The molecule has 6 heteroatoms. The molecular weight excluding hydrogens is 226 g/mol. The Balaban J connectivity index is 2.17. The lowest BCUT2D eigenvalue weighted by Crippen LogP contribution is -2.35. The highest BCUT2D eigenvalue weighted by molar-refractivity contribution is 7.89. The van der Waals surface area contributed by atoms with Crippen LogP contribution in [-0.4, -0.2) is 19.4 Å². The van der Waals surface area contributed by atoms with Crippen molar-refractivity contribution < 1.29 is 8.42 Å². The van der Waals surface area contributed by atoms with Crippen molar-refractivity contribution >= 4 is 10.0 Å². The SMILES string of the molecule is N#CC(NS(=O)(=O)c1cccnc1)C1CC1. The molecule has 1 heterocycles. The predicted octanol–water partition coefficient (Wildman–Crippen LogP) is 0.662. The first-order valence-corrected chi connectivity index (χ1v) is 6.44. The molecule has 0 bridgehead atoms. The Bertz CT molecular complexity index is 503. The quantitative estimate of drug-likeness (QED) is 0.834. The maximum absolute atomic E-state index is 11.8. The summed E-state index contributed by atoms with van der Waals surface area (Å²) in [6.07, 6.45) is 4.59. The maximum Gasteiger partial charge on any atom is 0.243 e. The van der Waals surface area contributed by atoms with Crippen molar-refractivity contribution in [3.8, 4) is 6.07 Å². The van der Waals surface area contributed by atoms with E-state index < -0.39 is 16.1 Å². The van der Waals surface area contributed by atoms with Gasteiger partial charge >= 0.3 is 0 Å². The van der Waals surface area contributed by atoms with Gasteiger partial charge in [-0.05, 0) is 30.9 Å². The standard InChI is InChI=1S/C10H11N3O2S/c11-6-10(8-3-4-8)13-16(14,15)9-2-1-5-12-7-9/h1-2,5,7-8,10,13H,3-4H2. The topological polar surface area (TPSA) is 82.9 Å². The number of hydrogen-bond acceptors (Lipinski definition) is 4. The molecule has 0 amide bonds. The largest absolute Gasteiger partial charge is 0.263 e. The number of nitrogens with zero attached hydrogens (tertiary/aromatic N) is 2. The van der Waals surface area contributed by atoms with E-state index in [0.29, 0.717) is 0 Å². The van der Waals surface area contributed by atoms with Gasteiger partial charge in [0.05, 0.1) is 6.07 Å². The molecule has 2 rings (SSSR count). The minimum Gasteiger partial charge on any atom is -0.263 e. The maximum atomic E-state index is 11.8. The van der Waals surface area contributed by atoms with Crippen LogP contribution >= 0.6 is 0 Å². The highest BCUT2D eigenvalue weighted by Crippen LogP contribution is 2.32. The second-order valence-electron chi connectivity index (χ2n) is 3.75. The smallest absolute Gasteiger partial charge is 0.243 e. The summed E-state index contributed by atoms with van der Waals surface area (Å²) in [6.45, 7) is 0. The average Bonchev–Trinajstić information content (AvgIpc) is 3.11. The average molecular weight is 237 g/mol. The summed E-state index contributed by atoms with van der Waals surface area (Å²) in [6, 6.07) is 4.36. The highest BCUT2D eigenvalue weighted by Gasteiger charge is 2.34. The van der Waals surface area contributed by atoms with E-state index in [4.69, 9.17) is 5.26 Å². The van der Waals surface area contributed by atoms with Gasteiger partial charge in [-0.3, -0.25) is 4.98 Å². The van der Waals surface area contributed by atoms with Crippen molar-refractivity contribution in [3.63, 3.8) is 0 Å². The summed E-state index contributed by atoms with van der Waals surface area (Å²) in [5, 5.41) is 8.85. The second-order valence-corrected chi connectivity index (χ2v) is 5.47. The molecule has 1 aliphatic carbocycles. The van der Waals surface area contributed by atoms with Gasteiger partial charge < -0.3 is 0 Å². The first-order valence-electron chi connectivity index (χ1n) is 4.95. The zero-order valence-corrected chi connectivity index (χ0v) is 9.31. The van der Waals surface area contributed by atoms with Crippen LogP contribution in [0.15, 0.2) is 29.4 Å². The molecule has 1 saturated carbocycles. The first kappa shape index (κ1) is 11.0. The Morgan fingerprint density at radius 1 is 1.56 bits per heavy atom. The van der Waals surface area contributed by atoms with Gasteiger partial charge in [0, 0.05) is 12.4 Å². The molecule has 1 unspecified atom stereocenters. The fraction of sp³-hybridized carbons (Fsp3) is 0.400. The van der Waals surface area contributed by atoms with E-state index in [2.05, 4.69) is 9.71 Å². The van der Waals surface area contributed by atoms with Crippen molar-refractivity contribution in [2.24, 2.45) is 5.92 Å². The number of rotatable bonds is 4. The summed E-state index contributed by atoms with van der Waals surface area (Å²) < 4.78 is 26.1. The summed E-state index contributed by atoms with van der Waals surface area (Å²) in [5.74, 6) is 0.163. The molecule has 0 aliphatic heterocycles. The van der Waals surface area contributed by atoms with Crippen molar-refractivity contribution in [1.82, 2.24) is 9.71 Å². The van der Waals surface area contributed by atoms with Crippen molar-refractivity contribution in [2.75, 3.05) is 0 Å². The number of sulfonamides is 1. The number of hydrogen-bond donors (Lipinski definition) is 1. The second kappa shape index (κ2) is 4.20. The summed E-state index contributed by atoms with van der Waals surface area (Å²) >= 11 is 0. The van der Waals surface area contributed by atoms with E-state index in [0.717, 1.165) is 12.8 Å². The first-order chi connectivity index (χ1) is 7.63. The van der Waals surface area contributed by atoms with E-state index in [-0.39, 0.29) is 10.8 Å². The van der Waals surface area contributed by atoms with E-state index in [9.17, 15) is 8.42 Å². The van der Waals surface area contributed by atoms with Gasteiger partial charge in [-0.2, -0.15) is 9.98 Å². The lowest BCUT2D eigenvalue weighted by atomic mass is 10.2. The molecule has 0 saturated heterocycles. The third-order valence-electron chi connectivity index (χ3n) is 2.46. The van der Waals surface area contributed by atoms with Gasteiger partial charge in [-0.25, -0.2) is 8.42 Å². The van der Waals surface area contributed by atoms with Gasteiger partial charge in [0.1, 0.15) is 10.9 Å². The molecule has 1 N–H and O–H groups in total. The highest BCUT2D eigenvalue weighted by atomic mass is 32.2. The molecule has 1 fully saturated rings. The zero-order valence-electron chi connectivity index (χ0n) is 8.50. The number of pyridine rings is 1. The Kier molecular flexibility index (Phi) is 2.90. The third-order valence-corrected chi connectivity index (χ3v) is 3.89. The normalized spacial score (nSPS) is 17.7. The molecule has 1 atom stereocenters. The molecule has 0 aromatic carbocycles. The van der Waals surface area contributed by atoms with E-state index >= 15 is 0 Å². The number of aromatic nitrogens is 1. The van der Waals surface area contributed by atoms with Crippen LogP contribution in [0.2, 0.25) is 0 Å². The molecular formula is C10H11N3O2S. The molecule has 84 valence electrons. The van der Waals surface area contributed by atoms with Crippen LogP contribution in [0.5, 0.6) is 0 Å². The molecule has 1 aromatic heterocycles. The lowest BCUT2D eigenvalue weighted by molar-refractivity contribution is 0.559. The van der Waals surface area contributed by atoms with Gasteiger partial charge in [-0.1, -0.05) is 0 Å². The Labute approximate surface area is 94.2 Å². The van der Waals surface area contributed by atoms with Gasteiger partial charge in [-0.15, -0.1) is 0 Å². The van der Waals surface area contributed by atoms with Gasteiger partial charge in [0.2, 0.25) is 10.0 Å². The molecule has 1 aliphatic rings. The van der Waals surface area contributed by atoms with Crippen LogP contribution in [0.4, 0.5) is 0 Å². The molecule has 16 heavy (non-hydrogen) atoms. The zero-order chi connectivity index (χ0) is 11.6. The molecule has 5 nitrogen and oxygen atoms in total. The lowest BCUT2D eigenvalue weighted by Gasteiger charge is -2.10. The third kappa shape index (κ3) is 2.38. The predicted molar refractivity (Wildman–Crippen MR) is 56.7 cm³/mol. The van der Waals surface area contributed by atoms with E-state index in [1.807, 2.05) is 6.07 Å². The Morgan fingerprint density at radius 3 is 2.81 bits per heavy atom. The molecule has 1 aromatic rings. The minimum absolute atomic E-state index is 0.0934. The van der Waals surface area contributed by atoms with Crippen molar-refractivity contribution in [3.05, 3.63) is 24.5 Å². The number of nitrogens with one attached hydrogen (secondary N) is 1. The van der Waals surface area contributed by atoms with Crippen LogP contribution in [0, 0.1) is 17.2 Å². The van der Waals surface area contributed by atoms with Gasteiger partial charge in [0.25, 0.3) is 0 Å². The van der Waals surface area contributed by atoms with E-state index in [1.54, 1.807) is 6.07 Å². The number of nitriles is 1. The summed E-state index contributed by atoms with van der Waals surface area (Å²) in [4.78, 5) is 3.84. The Morgan fingerprint density at radius 2 is 2.31 bits per heavy atom. The van der Waals surface area contributed by atoms with Crippen molar-refractivity contribution in [2.45, 2.75) is 23.8 Å². The fourth-order valence-electron chi connectivity index (χ4n) is 1.40. The summed E-state index contributed by atoms with van der Waals surface area (Å²) in [7, 11) is -3.61. The molecule has 0 radical (unpaired) electrons. The fourth-order valence-corrected chi connectivity index (χ4v) is 2.57. The van der Waals surface area contributed by atoms with Crippen LogP contribution in [0.1, 0.15) is 12.8 Å². The van der Waals surface area contributed by atoms with Crippen molar-refractivity contribution in [1.29, 1.82) is 5.26 Å².